The van der Waals surface area contributed by atoms with Gasteiger partial charge in [-0.3, -0.25) is 0 Å². The highest BCUT2D eigenvalue weighted by Gasteiger charge is 2.09. The molecule has 0 fully saturated rings. The van der Waals surface area contributed by atoms with E-state index in [-0.39, 0.29) is 6.61 Å². The molecule has 1 heterocycles. The molecule has 1 aromatic heterocycles. The summed E-state index contributed by atoms with van der Waals surface area (Å²) >= 11 is 0. The molecule has 0 saturated carbocycles. The molecule has 1 rings (SSSR count). The Morgan fingerprint density at radius 2 is 1.94 bits per heavy atom. The van der Waals surface area contributed by atoms with Crippen LogP contribution in [0.3, 0.4) is 0 Å². The van der Waals surface area contributed by atoms with E-state index in [1.54, 1.807) is 0 Å². The molecule has 0 radical (unpaired) electrons. The van der Waals surface area contributed by atoms with Crippen molar-refractivity contribution in [2.45, 2.75) is 64.9 Å². The fourth-order valence-corrected chi connectivity index (χ4v) is 1.94. The third-order valence-electron chi connectivity index (χ3n) is 3.06. The van der Waals surface area contributed by atoms with Crippen molar-refractivity contribution in [1.29, 1.82) is 0 Å². The van der Waals surface area contributed by atoms with Gasteiger partial charge < -0.3 is 9.52 Å². The summed E-state index contributed by atoms with van der Waals surface area (Å²) in [5, 5.41) is 8.91. The summed E-state index contributed by atoms with van der Waals surface area (Å²) in [6.07, 6.45) is 7.78. The lowest BCUT2D eigenvalue weighted by Crippen LogP contribution is -1.91. The van der Waals surface area contributed by atoms with Gasteiger partial charge in [0.15, 0.2) is 0 Å². The molecular weight excluding hydrogens is 200 g/mol. The minimum Gasteiger partial charge on any atom is -0.463 e. The molecule has 92 valence electrons. The molecule has 1 aromatic rings. The summed E-state index contributed by atoms with van der Waals surface area (Å²) in [6.45, 7) is 4.44. The van der Waals surface area contributed by atoms with Crippen LogP contribution in [0.15, 0.2) is 16.5 Å². The quantitative estimate of drug-likeness (QED) is 0.670. The lowest BCUT2D eigenvalue weighted by Gasteiger charge is -2.07. The van der Waals surface area contributed by atoms with Crippen molar-refractivity contribution in [2.24, 2.45) is 0 Å². The molecule has 0 bridgehead atoms. The van der Waals surface area contributed by atoms with Crippen LogP contribution in [0.25, 0.3) is 0 Å². The van der Waals surface area contributed by atoms with Crippen LogP contribution in [-0.2, 0) is 6.61 Å². The second-order valence-electron chi connectivity index (χ2n) is 4.57. The molecule has 1 atom stereocenters. The van der Waals surface area contributed by atoms with Crippen molar-refractivity contribution in [3.05, 3.63) is 23.7 Å². The van der Waals surface area contributed by atoms with Crippen LogP contribution >= 0.6 is 0 Å². The number of aliphatic hydroxyl groups excluding tert-OH is 1. The zero-order valence-electron chi connectivity index (χ0n) is 10.5. The van der Waals surface area contributed by atoms with E-state index in [2.05, 4.69) is 13.8 Å². The SMILES string of the molecule is CCCCCCCC(C)c1ccc(CO)o1. The Hall–Kier alpha value is -0.760. The van der Waals surface area contributed by atoms with Crippen molar-refractivity contribution in [3.8, 4) is 0 Å². The van der Waals surface area contributed by atoms with Gasteiger partial charge in [0.25, 0.3) is 0 Å². The molecule has 16 heavy (non-hydrogen) atoms. The fourth-order valence-electron chi connectivity index (χ4n) is 1.94. The van der Waals surface area contributed by atoms with E-state index < -0.39 is 0 Å². The van der Waals surface area contributed by atoms with Gasteiger partial charge in [-0.05, 0) is 18.6 Å². The van der Waals surface area contributed by atoms with Gasteiger partial charge in [0.05, 0.1) is 0 Å². The Morgan fingerprint density at radius 1 is 1.19 bits per heavy atom. The molecule has 2 heteroatoms. The smallest absolute Gasteiger partial charge is 0.129 e. The topological polar surface area (TPSA) is 33.4 Å². The molecule has 0 aliphatic rings. The van der Waals surface area contributed by atoms with Gasteiger partial charge in [-0.15, -0.1) is 0 Å². The second kappa shape index (κ2) is 7.50. The molecule has 1 N–H and O–H groups in total. The van der Waals surface area contributed by atoms with Crippen molar-refractivity contribution in [2.75, 3.05) is 0 Å². The van der Waals surface area contributed by atoms with Gasteiger partial charge in [0, 0.05) is 5.92 Å². The van der Waals surface area contributed by atoms with Crippen molar-refractivity contribution in [1.82, 2.24) is 0 Å². The largest absolute Gasteiger partial charge is 0.463 e. The van der Waals surface area contributed by atoms with Crippen LogP contribution in [0, 0.1) is 0 Å². The van der Waals surface area contributed by atoms with Gasteiger partial charge in [-0.1, -0.05) is 46.0 Å². The predicted octanol–water partition coefficient (Wildman–Crippen LogP) is 4.24. The zero-order chi connectivity index (χ0) is 11.8. The van der Waals surface area contributed by atoms with Gasteiger partial charge in [0.2, 0.25) is 0 Å². The van der Waals surface area contributed by atoms with Crippen LogP contribution in [0.5, 0.6) is 0 Å². The van der Waals surface area contributed by atoms with E-state index in [9.17, 15) is 0 Å². The van der Waals surface area contributed by atoms with Crippen molar-refractivity contribution in [3.63, 3.8) is 0 Å². The van der Waals surface area contributed by atoms with E-state index in [1.165, 1.54) is 38.5 Å². The third kappa shape index (κ3) is 4.40. The van der Waals surface area contributed by atoms with E-state index in [1.807, 2.05) is 12.1 Å². The normalized spacial score (nSPS) is 12.9. The average Bonchev–Trinajstić information content (AvgIpc) is 2.77. The molecular formula is C14H24O2. The molecule has 0 amide bonds. The van der Waals surface area contributed by atoms with Crippen molar-refractivity contribution >= 4 is 0 Å². The number of hydrogen-bond donors (Lipinski definition) is 1. The number of furan rings is 1. The number of unbranched alkanes of at least 4 members (excludes halogenated alkanes) is 4. The van der Waals surface area contributed by atoms with Gasteiger partial charge in [-0.25, -0.2) is 0 Å². The minimum atomic E-state index is 0.00319. The average molecular weight is 224 g/mol. The maximum atomic E-state index is 8.91. The molecule has 0 aliphatic heterocycles. The number of rotatable bonds is 8. The highest BCUT2D eigenvalue weighted by Crippen LogP contribution is 2.24. The minimum absolute atomic E-state index is 0.00319. The number of aliphatic hydroxyl groups is 1. The van der Waals surface area contributed by atoms with Gasteiger partial charge >= 0.3 is 0 Å². The summed E-state index contributed by atoms with van der Waals surface area (Å²) < 4.78 is 5.52. The molecule has 0 aliphatic carbocycles. The number of hydrogen-bond acceptors (Lipinski definition) is 2. The lowest BCUT2D eigenvalue weighted by molar-refractivity contribution is 0.241. The van der Waals surface area contributed by atoms with Gasteiger partial charge in [-0.2, -0.15) is 0 Å². The van der Waals surface area contributed by atoms with Gasteiger partial charge in [0.1, 0.15) is 18.1 Å². The summed E-state index contributed by atoms with van der Waals surface area (Å²) in [6, 6.07) is 3.85. The van der Waals surface area contributed by atoms with Crippen LogP contribution < -0.4 is 0 Å². The summed E-state index contributed by atoms with van der Waals surface area (Å²) in [5.74, 6) is 2.16. The first-order chi connectivity index (χ1) is 7.77. The Morgan fingerprint density at radius 3 is 2.56 bits per heavy atom. The summed E-state index contributed by atoms with van der Waals surface area (Å²) in [7, 11) is 0. The monoisotopic (exact) mass is 224 g/mol. The van der Waals surface area contributed by atoms with Crippen LogP contribution in [0.1, 0.15) is 69.8 Å². The van der Waals surface area contributed by atoms with Crippen molar-refractivity contribution < 1.29 is 9.52 Å². The third-order valence-corrected chi connectivity index (χ3v) is 3.06. The maximum absolute atomic E-state index is 8.91. The fraction of sp³-hybridized carbons (Fsp3) is 0.714. The van der Waals surface area contributed by atoms with E-state index in [0.29, 0.717) is 11.7 Å². The first-order valence-corrected chi connectivity index (χ1v) is 6.47. The maximum Gasteiger partial charge on any atom is 0.129 e. The van der Waals surface area contributed by atoms with Crippen LogP contribution in [0.4, 0.5) is 0 Å². The summed E-state index contributed by atoms with van der Waals surface area (Å²) in [5.41, 5.74) is 0. The first kappa shape index (κ1) is 13.3. The zero-order valence-corrected chi connectivity index (χ0v) is 10.5. The first-order valence-electron chi connectivity index (χ1n) is 6.47. The molecule has 0 saturated heterocycles. The van der Waals surface area contributed by atoms with E-state index in [4.69, 9.17) is 9.52 Å². The molecule has 0 spiro atoms. The van der Waals surface area contributed by atoms with Crippen LogP contribution in [-0.4, -0.2) is 5.11 Å². The standard InChI is InChI=1S/C14H24O2/c1-3-4-5-6-7-8-12(2)14-10-9-13(11-15)16-14/h9-10,12,15H,3-8,11H2,1-2H3. The lowest BCUT2D eigenvalue weighted by atomic mass is 10.00. The van der Waals surface area contributed by atoms with Crippen LogP contribution in [0.2, 0.25) is 0 Å². The molecule has 1 unspecified atom stereocenters. The Kier molecular flexibility index (Phi) is 6.24. The molecule has 0 aromatic carbocycles. The highest BCUT2D eigenvalue weighted by atomic mass is 16.4. The predicted molar refractivity (Wildman–Crippen MR) is 66.4 cm³/mol. The molecule has 2 nitrogen and oxygen atoms in total. The Balaban J connectivity index is 2.21. The van der Waals surface area contributed by atoms with E-state index in [0.717, 1.165) is 5.76 Å². The Bertz CT molecular complexity index is 278. The highest BCUT2D eigenvalue weighted by molar-refractivity contribution is 5.09. The second-order valence-corrected chi connectivity index (χ2v) is 4.57. The Labute approximate surface area is 98.7 Å². The summed E-state index contributed by atoms with van der Waals surface area (Å²) in [4.78, 5) is 0. The van der Waals surface area contributed by atoms with E-state index >= 15 is 0 Å².